The summed E-state index contributed by atoms with van der Waals surface area (Å²) >= 11 is 0. The minimum Gasteiger partial charge on any atom is -0.493 e. The summed E-state index contributed by atoms with van der Waals surface area (Å²) in [6, 6.07) is 17.9. The maximum Gasteiger partial charge on any atom is 0.232 e. The lowest BCUT2D eigenvalue weighted by Gasteiger charge is -2.34. The largest absolute Gasteiger partial charge is 0.493 e. The first-order valence-corrected chi connectivity index (χ1v) is 11.2. The van der Waals surface area contributed by atoms with Gasteiger partial charge in [-0.05, 0) is 43.2 Å². The SMILES string of the molecule is COc1cccc(/C=C2\Oc3c4c(cc(C)c3C2=O)OCN(C(C)c2ccccc2)C4)c1OC. The monoisotopic (exact) mass is 457 g/mol. The van der Waals surface area contributed by atoms with E-state index in [1.54, 1.807) is 20.3 Å². The van der Waals surface area contributed by atoms with Gasteiger partial charge in [-0.1, -0.05) is 42.5 Å². The average molecular weight is 458 g/mol. The second-order valence-corrected chi connectivity index (χ2v) is 8.50. The van der Waals surface area contributed by atoms with Crippen LogP contribution < -0.4 is 18.9 Å². The quantitative estimate of drug-likeness (QED) is 0.469. The molecular weight excluding hydrogens is 430 g/mol. The number of carbonyl (C=O) groups is 1. The Hall–Kier alpha value is -3.77. The maximum absolute atomic E-state index is 13.4. The molecule has 2 heterocycles. The van der Waals surface area contributed by atoms with Crippen LogP contribution in [0.3, 0.4) is 0 Å². The summed E-state index contributed by atoms with van der Waals surface area (Å²) in [5, 5.41) is 0. The number of rotatable bonds is 5. The molecule has 0 radical (unpaired) electrons. The summed E-state index contributed by atoms with van der Waals surface area (Å²) in [6.07, 6.45) is 1.71. The predicted octanol–water partition coefficient (Wildman–Crippen LogP) is 5.54. The van der Waals surface area contributed by atoms with Gasteiger partial charge in [0.1, 0.15) is 18.2 Å². The van der Waals surface area contributed by atoms with E-state index < -0.39 is 0 Å². The summed E-state index contributed by atoms with van der Waals surface area (Å²) in [5.41, 5.74) is 4.24. The number of Topliss-reactive ketones (excluding diaryl/α,β-unsaturated/α-hetero) is 1. The molecule has 1 atom stereocenters. The highest BCUT2D eigenvalue weighted by molar-refractivity contribution is 6.16. The molecule has 2 aliphatic heterocycles. The van der Waals surface area contributed by atoms with Gasteiger partial charge in [0, 0.05) is 18.2 Å². The summed E-state index contributed by atoms with van der Waals surface area (Å²) in [5.74, 6) is 2.60. The van der Waals surface area contributed by atoms with E-state index in [1.165, 1.54) is 5.56 Å². The minimum atomic E-state index is -0.145. The Bertz CT molecular complexity index is 1280. The van der Waals surface area contributed by atoms with E-state index in [9.17, 15) is 4.79 Å². The van der Waals surface area contributed by atoms with Crippen molar-refractivity contribution in [3.63, 3.8) is 0 Å². The van der Waals surface area contributed by atoms with Crippen LogP contribution in [0, 0.1) is 6.92 Å². The zero-order valence-electron chi connectivity index (χ0n) is 19.8. The molecule has 2 aliphatic rings. The molecule has 6 nitrogen and oxygen atoms in total. The predicted molar refractivity (Wildman–Crippen MR) is 130 cm³/mol. The molecule has 0 saturated carbocycles. The first-order valence-electron chi connectivity index (χ1n) is 11.2. The van der Waals surface area contributed by atoms with Crippen molar-refractivity contribution >= 4 is 11.9 Å². The van der Waals surface area contributed by atoms with Gasteiger partial charge >= 0.3 is 0 Å². The number of fused-ring (bicyclic) bond motifs is 3. The van der Waals surface area contributed by atoms with Crippen molar-refractivity contribution in [3.05, 3.63) is 88.2 Å². The zero-order valence-corrected chi connectivity index (χ0v) is 19.8. The van der Waals surface area contributed by atoms with E-state index >= 15 is 0 Å². The molecular formula is C28H27NO5. The smallest absolute Gasteiger partial charge is 0.232 e. The number of methoxy groups -OCH3 is 2. The van der Waals surface area contributed by atoms with Crippen LogP contribution >= 0.6 is 0 Å². The van der Waals surface area contributed by atoms with Crippen LogP contribution in [-0.4, -0.2) is 31.6 Å². The fraction of sp³-hybridized carbons (Fsp3) is 0.250. The Kier molecular flexibility index (Phi) is 5.75. The number of ketones is 1. The first-order chi connectivity index (χ1) is 16.5. The van der Waals surface area contributed by atoms with E-state index in [-0.39, 0.29) is 17.6 Å². The van der Waals surface area contributed by atoms with E-state index in [1.807, 2.05) is 49.4 Å². The molecule has 0 N–H and O–H groups in total. The molecule has 6 heteroatoms. The lowest BCUT2D eigenvalue weighted by atomic mass is 9.97. The summed E-state index contributed by atoms with van der Waals surface area (Å²) in [7, 11) is 3.16. The van der Waals surface area contributed by atoms with Crippen molar-refractivity contribution in [3.8, 4) is 23.0 Å². The van der Waals surface area contributed by atoms with Crippen LogP contribution in [0.1, 0.15) is 45.6 Å². The highest BCUT2D eigenvalue weighted by atomic mass is 16.5. The van der Waals surface area contributed by atoms with Crippen LogP contribution in [0.15, 0.2) is 60.4 Å². The van der Waals surface area contributed by atoms with Gasteiger partial charge in [-0.3, -0.25) is 9.69 Å². The van der Waals surface area contributed by atoms with Crippen LogP contribution in [0.25, 0.3) is 6.08 Å². The third-order valence-electron chi connectivity index (χ3n) is 6.50. The molecule has 0 aliphatic carbocycles. The molecule has 0 saturated heterocycles. The first kappa shape index (κ1) is 22.0. The number of allylic oxidation sites excluding steroid dienone is 1. The second kappa shape index (κ2) is 8.88. The fourth-order valence-corrected chi connectivity index (χ4v) is 4.60. The van der Waals surface area contributed by atoms with Crippen molar-refractivity contribution in [2.24, 2.45) is 0 Å². The number of ether oxygens (including phenoxy) is 4. The highest BCUT2D eigenvalue weighted by Gasteiger charge is 2.36. The van der Waals surface area contributed by atoms with E-state index in [0.717, 1.165) is 16.9 Å². The van der Waals surface area contributed by atoms with E-state index in [4.69, 9.17) is 18.9 Å². The number of aryl methyl sites for hydroxylation is 1. The number of hydrogen-bond acceptors (Lipinski definition) is 6. The van der Waals surface area contributed by atoms with Gasteiger partial charge in [-0.2, -0.15) is 0 Å². The summed E-state index contributed by atoms with van der Waals surface area (Å²) in [4.78, 5) is 15.6. The number of carbonyl (C=O) groups excluding carboxylic acids is 1. The van der Waals surface area contributed by atoms with Crippen molar-refractivity contribution < 1.29 is 23.7 Å². The molecule has 0 spiro atoms. The molecule has 0 fully saturated rings. The average Bonchev–Trinajstić information content (AvgIpc) is 3.20. The molecule has 3 aromatic carbocycles. The summed E-state index contributed by atoms with van der Waals surface area (Å²) in [6.45, 7) is 5.16. The van der Waals surface area contributed by atoms with Gasteiger partial charge < -0.3 is 18.9 Å². The van der Waals surface area contributed by atoms with Gasteiger partial charge in [0.25, 0.3) is 0 Å². The molecule has 0 bridgehead atoms. The van der Waals surface area contributed by atoms with Crippen LogP contribution in [0.5, 0.6) is 23.0 Å². The number of para-hydroxylation sites is 1. The normalized spacial score (nSPS) is 16.9. The third-order valence-corrected chi connectivity index (χ3v) is 6.50. The van der Waals surface area contributed by atoms with Crippen molar-refractivity contribution in [1.29, 1.82) is 0 Å². The van der Waals surface area contributed by atoms with E-state index in [0.29, 0.717) is 41.7 Å². The highest BCUT2D eigenvalue weighted by Crippen LogP contribution is 2.45. The van der Waals surface area contributed by atoms with Crippen molar-refractivity contribution in [2.75, 3.05) is 21.0 Å². The molecule has 5 rings (SSSR count). The zero-order chi connectivity index (χ0) is 23.8. The number of hydrogen-bond donors (Lipinski definition) is 0. The number of benzene rings is 3. The lowest BCUT2D eigenvalue weighted by Crippen LogP contribution is -2.34. The van der Waals surface area contributed by atoms with Crippen LogP contribution in [0.2, 0.25) is 0 Å². The second-order valence-electron chi connectivity index (χ2n) is 8.50. The summed E-state index contributed by atoms with van der Waals surface area (Å²) < 4.78 is 23.3. The van der Waals surface area contributed by atoms with Gasteiger partial charge in [0.15, 0.2) is 17.3 Å². The molecule has 174 valence electrons. The van der Waals surface area contributed by atoms with Gasteiger partial charge in [-0.15, -0.1) is 0 Å². The van der Waals surface area contributed by atoms with Crippen LogP contribution in [-0.2, 0) is 6.54 Å². The number of nitrogens with zero attached hydrogens (tertiary/aromatic N) is 1. The molecule has 3 aromatic rings. The standard InChI is InChI=1S/C28H27NO5/c1-17-13-23-21(15-29(16-33-23)18(2)19-9-6-5-7-10-19)28-25(17)26(30)24(34-28)14-20-11-8-12-22(31-3)27(20)32-4/h5-14,18H,15-16H2,1-4H3/b24-14-. The van der Waals surface area contributed by atoms with Crippen molar-refractivity contribution in [2.45, 2.75) is 26.4 Å². The van der Waals surface area contributed by atoms with Crippen LogP contribution in [0.4, 0.5) is 0 Å². The third kappa shape index (κ3) is 3.70. The molecule has 34 heavy (non-hydrogen) atoms. The van der Waals surface area contributed by atoms with Gasteiger partial charge in [0.2, 0.25) is 5.78 Å². The minimum absolute atomic E-state index is 0.145. The topological polar surface area (TPSA) is 57.2 Å². The Labute approximate surface area is 199 Å². The Morgan fingerprint density at radius 1 is 1.06 bits per heavy atom. The van der Waals surface area contributed by atoms with Gasteiger partial charge in [0.05, 0.1) is 25.3 Å². The Morgan fingerprint density at radius 2 is 1.85 bits per heavy atom. The molecule has 1 unspecified atom stereocenters. The van der Waals surface area contributed by atoms with Crippen molar-refractivity contribution in [1.82, 2.24) is 4.90 Å². The fourth-order valence-electron chi connectivity index (χ4n) is 4.60. The Balaban J connectivity index is 1.51. The Morgan fingerprint density at radius 3 is 2.59 bits per heavy atom. The van der Waals surface area contributed by atoms with E-state index in [2.05, 4.69) is 24.0 Å². The van der Waals surface area contributed by atoms with Gasteiger partial charge in [-0.25, -0.2) is 0 Å². The lowest BCUT2D eigenvalue weighted by molar-refractivity contribution is 0.0605. The molecule has 0 aromatic heterocycles. The maximum atomic E-state index is 13.4. The molecule has 0 amide bonds.